The molecule has 6 heteroatoms. The smallest absolute Gasteiger partial charge is 0.253 e. The van der Waals surface area contributed by atoms with Crippen molar-refractivity contribution in [3.8, 4) is 0 Å². The van der Waals surface area contributed by atoms with Gasteiger partial charge in [-0.05, 0) is 26.0 Å². The van der Waals surface area contributed by atoms with E-state index in [2.05, 4.69) is 15.5 Å². The van der Waals surface area contributed by atoms with E-state index in [9.17, 15) is 4.79 Å². The van der Waals surface area contributed by atoms with Crippen LogP contribution in [-0.4, -0.2) is 16.0 Å². The first-order chi connectivity index (χ1) is 10.1. The van der Waals surface area contributed by atoms with E-state index in [1.165, 1.54) is 0 Å². The highest BCUT2D eigenvalue weighted by Crippen LogP contribution is 2.24. The highest BCUT2D eigenvalue weighted by molar-refractivity contribution is 6.33. The Kier molecular flexibility index (Phi) is 4.29. The van der Waals surface area contributed by atoms with Gasteiger partial charge in [0.05, 0.1) is 16.1 Å². The zero-order valence-electron chi connectivity index (χ0n) is 13.4. The summed E-state index contributed by atoms with van der Waals surface area (Å²) in [7, 11) is 0. The Morgan fingerprint density at radius 1 is 1.18 bits per heavy atom. The fourth-order valence-electron chi connectivity index (χ4n) is 1.83. The van der Waals surface area contributed by atoms with Crippen LogP contribution in [0.2, 0.25) is 5.02 Å². The summed E-state index contributed by atoms with van der Waals surface area (Å²) in [5.41, 5.74) is -0.603. The molecule has 5 nitrogen and oxygen atoms in total. The molecule has 2 rings (SSSR count). The minimum absolute atomic E-state index is 0.242. The fraction of sp³-hybridized carbons (Fsp3) is 0.438. The number of nitrogens with one attached hydrogen (secondary N) is 1. The molecule has 0 atom stereocenters. The zero-order chi connectivity index (χ0) is 16.5. The van der Waals surface area contributed by atoms with Gasteiger partial charge in [-0.1, -0.05) is 49.7 Å². The van der Waals surface area contributed by atoms with Gasteiger partial charge in [0.1, 0.15) is 0 Å². The number of nitrogens with zero attached hydrogens (tertiary/aromatic N) is 2. The predicted molar refractivity (Wildman–Crippen MR) is 84.9 cm³/mol. The Morgan fingerprint density at radius 2 is 1.82 bits per heavy atom. The van der Waals surface area contributed by atoms with E-state index in [1.54, 1.807) is 24.3 Å². The number of rotatable bonds is 3. The van der Waals surface area contributed by atoms with Crippen molar-refractivity contribution in [1.29, 1.82) is 0 Å². The highest BCUT2D eigenvalue weighted by Gasteiger charge is 2.32. The van der Waals surface area contributed by atoms with Crippen molar-refractivity contribution >= 4 is 17.5 Å². The molecule has 1 amide bonds. The Balaban J connectivity index is 2.22. The minimum Gasteiger partial charge on any atom is -0.340 e. The topological polar surface area (TPSA) is 68.0 Å². The number of carbonyl (C=O) groups is 1. The third-order valence-electron chi connectivity index (χ3n) is 3.17. The molecule has 0 spiro atoms. The lowest BCUT2D eigenvalue weighted by molar-refractivity contribution is 0.0907. The summed E-state index contributed by atoms with van der Waals surface area (Å²) in [4.78, 5) is 16.8. The quantitative estimate of drug-likeness (QED) is 0.936. The molecule has 0 saturated carbocycles. The zero-order valence-corrected chi connectivity index (χ0v) is 14.2. The molecule has 1 aromatic carbocycles. The molecule has 1 heterocycles. The molecular weight excluding hydrogens is 302 g/mol. The number of benzene rings is 1. The molecule has 0 aliphatic rings. The van der Waals surface area contributed by atoms with Crippen LogP contribution in [0, 0.1) is 0 Å². The predicted octanol–water partition coefficient (Wildman–Crippen LogP) is 3.69. The monoisotopic (exact) mass is 321 g/mol. The molecule has 0 aliphatic heterocycles. The third-order valence-corrected chi connectivity index (χ3v) is 3.50. The molecular formula is C16H20ClN3O2. The van der Waals surface area contributed by atoms with Gasteiger partial charge in [0.15, 0.2) is 5.82 Å². The van der Waals surface area contributed by atoms with Crippen LogP contribution in [0.5, 0.6) is 0 Å². The maximum atomic E-state index is 12.4. The van der Waals surface area contributed by atoms with Crippen LogP contribution < -0.4 is 5.32 Å². The molecule has 0 bridgehead atoms. The normalized spacial score (nSPS) is 12.3. The Hall–Kier alpha value is -1.88. The summed E-state index contributed by atoms with van der Waals surface area (Å²) < 4.78 is 5.29. The molecule has 22 heavy (non-hydrogen) atoms. The van der Waals surface area contributed by atoms with Crippen molar-refractivity contribution in [2.75, 3.05) is 0 Å². The van der Waals surface area contributed by atoms with Gasteiger partial charge in [0.25, 0.3) is 5.91 Å². The van der Waals surface area contributed by atoms with Crippen LogP contribution >= 0.6 is 11.6 Å². The summed E-state index contributed by atoms with van der Waals surface area (Å²) in [5, 5.41) is 7.28. The molecule has 1 aromatic heterocycles. The molecule has 0 aliphatic carbocycles. The molecule has 118 valence electrons. The highest BCUT2D eigenvalue weighted by atomic mass is 35.5. The summed E-state index contributed by atoms with van der Waals surface area (Å²) in [6, 6.07) is 6.89. The Labute approximate surface area is 135 Å². The maximum absolute atomic E-state index is 12.4. The van der Waals surface area contributed by atoms with Crippen molar-refractivity contribution in [2.45, 2.75) is 45.6 Å². The summed E-state index contributed by atoms with van der Waals surface area (Å²) in [5.74, 6) is 0.679. The molecule has 0 radical (unpaired) electrons. The van der Waals surface area contributed by atoms with E-state index in [-0.39, 0.29) is 11.3 Å². The van der Waals surface area contributed by atoms with E-state index < -0.39 is 5.54 Å². The largest absolute Gasteiger partial charge is 0.340 e. The van der Waals surface area contributed by atoms with Crippen molar-refractivity contribution in [2.24, 2.45) is 0 Å². The van der Waals surface area contributed by atoms with Gasteiger partial charge < -0.3 is 9.84 Å². The number of halogens is 1. The van der Waals surface area contributed by atoms with Crippen molar-refractivity contribution < 1.29 is 9.32 Å². The number of hydrogen-bond acceptors (Lipinski definition) is 4. The Morgan fingerprint density at radius 3 is 2.36 bits per heavy atom. The summed E-state index contributed by atoms with van der Waals surface area (Å²) in [6.07, 6.45) is 0. The number of hydrogen-bond donors (Lipinski definition) is 1. The standard InChI is InChI=1S/C16H20ClN3O2/c1-15(2,3)14-18-13(20-22-14)16(4,5)19-12(21)10-8-6-7-9-11(10)17/h6-9H,1-5H3,(H,19,21). The lowest BCUT2D eigenvalue weighted by Gasteiger charge is -2.22. The number of aromatic nitrogens is 2. The van der Waals surface area contributed by atoms with Crippen LogP contribution in [-0.2, 0) is 11.0 Å². The van der Waals surface area contributed by atoms with Gasteiger partial charge in [-0.3, -0.25) is 4.79 Å². The second-order valence-corrected chi connectivity index (χ2v) is 7.14. The second kappa shape index (κ2) is 5.72. The Bertz CT molecular complexity index is 687. The van der Waals surface area contributed by atoms with Gasteiger partial charge in [-0.15, -0.1) is 0 Å². The average Bonchev–Trinajstić information content (AvgIpc) is 2.88. The van der Waals surface area contributed by atoms with E-state index in [0.29, 0.717) is 22.3 Å². The van der Waals surface area contributed by atoms with E-state index in [1.807, 2.05) is 34.6 Å². The van der Waals surface area contributed by atoms with Gasteiger partial charge in [-0.2, -0.15) is 4.98 Å². The third kappa shape index (κ3) is 3.47. The van der Waals surface area contributed by atoms with Crippen LogP contribution in [0.25, 0.3) is 0 Å². The molecule has 2 aromatic rings. The van der Waals surface area contributed by atoms with Gasteiger partial charge in [-0.25, -0.2) is 0 Å². The summed E-state index contributed by atoms with van der Waals surface area (Å²) in [6.45, 7) is 9.59. The average molecular weight is 322 g/mol. The van der Waals surface area contributed by atoms with Crippen LogP contribution in [0.15, 0.2) is 28.8 Å². The first kappa shape index (κ1) is 16.5. The number of amides is 1. The first-order valence-corrected chi connectivity index (χ1v) is 7.41. The lowest BCUT2D eigenvalue weighted by Crippen LogP contribution is -2.42. The second-order valence-electron chi connectivity index (χ2n) is 6.73. The van der Waals surface area contributed by atoms with Crippen molar-refractivity contribution in [3.63, 3.8) is 0 Å². The molecule has 1 N–H and O–H groups in total. The van der Waals surface area contributed by atoms with Crippen LogP contribution in [0.4, 0.5) is 0 Å². The fourth-order valence-corrected chi connectivity index (χ4v) is 2.06. The summed E-state index contributed by atoms with van der Waals surface area (Å²) >= 11 is 6.05. The molecule has 0 fully saturated rings. The molecule has 0 saturated heterocycles. The van der Waals surface area contributed by atoms with E-state index >= 15 is 0 Å². The molecule has 0 unspecified atom stereocenters. The first-order valence-electron chi connectivity index (χ1n) is 7.03. The number of carbonyl (C=O) groups excluding carboxylic acids is 1. The van der Waals surface area contributed by atoms with Crippen molar-refractivity contribution in [3.05, 3.63) is 46.6 Å². The van der Waals surface area contributed by atoms with E-state index in [4.69, 9.17) is 16.1 Å². The van der Waals surface area contributed by atoms with Gasteiger partial charge in [0, 0.05) is 5.41 Å². The minimum atomic E-state index is -0.775. The van der Waals surface area contributed by atoms with Crippen LogP contribution in [0.3, 0.4) is 0 Å². The van der Waals surface area contributed by atoms with Gasteiger partial charge >= 0.3 is 0 Å². The lowest BCUT2D eigenvalue weighted by atomic mass is 9.97. The van der Waals surface area contributed by atoms with Crippen molar-refractivity contribution in [1.82, 2.24) is 15.5 Å². The van der Waals surface area contributed by atoms with E-state index in [0.717, 1.165) is 0 Å². The SMILES string of the molecule is CC(C)(C)c1nc(C(C)(C)NC(=O)c2ccccc2Cl)no1. The maximum Gasteiger partial charge on any atom is 0.253 e. The van der Waals surface area contributed by atoms with Gasteiger partial charge in [0.2, 0.25) is 5.89 Å². The van der Waals surface area contributed by atoms with Crippen LogP contribution in [0.1, 0.15) is 56.7 Å².